The fourth-order valence-electron chi connectivity index (χ4n) is 4.62. The van der Waals surface area contributed by atoms with Crippen molar-refractivity contribution in [3.8, 4) is 10.4 Å². The van der Waals surface area contributed by atoms with E-state index in [1.54, 1.807) is 4.90 Å². The van der Waals surface area contributed by atoms with Crippen molar-refractivity contribution < 1.29 is 27.0 Å². The zero-order chi connectivity index (χ0) is 27.8. The van der Waals surface area contributed by atoms with Crippen molar-refractivity contribution in [1.29, 1.82) is 0 Å². The van der Waals surface area contributed by atoms with Gasteiger partial charge in [0.05, 0.1) is 10.4 Å². The lowest BCUT2D eigenvalue weighted by molar-refractivity contribution is -0.137. The highest BCUT2D eigenvalue weighted by Gasteiger charge is 2.38. The number of carbonyl (C=O) groups is 2. The molecule has 0 bridgehead atoms. The first kappa shape index (κ1) is 28.5. The molecule has 1 atom stereocenters. The van der Waals surface area contributed by atoms with E-state index in [-0.39, 0.29) is 39.0 Å². The topological polar surface area (TPSA) is 104 Å². The summed E-state index contributed by atoms with van der Waals surface area (Å²) in [5.74, 6) is -0.0689. The van der Waals surface area contributed by atoms with Gasteiger partial charge in [0.2, 0.25) is 0 Å². The highest BCUT2D eigenvalue weighted by atomic mass is 32.2. The van der Waals surface area contributed by atoms with Crippen LogP contribution in [-0.2, 0) is 17.0 Å². The van der Waals surface area contributed by atoms with Crippen LogP contribution in [0.15, 0.2) is 12.3 Å². The number of hydrogen-bond donors (Lipinski definition) is 2. The van der Waals surface area contributed by atoms with Crippen molar-refractivity contribution in [3.05, 3.63) is 28.5 Å². The van der Waals surface area contributed by atoms with Crippen LogP contribution in [0.5, 0.6) is 0 Å². The molecular formula is C25H32F3N5O3S2. The zero-order valence-corrected chi connectivity index (χ0v) is 23.4. The highest BCUT2D eigenvalue weighted by Crippen LogP contribution is 2.42. The van der Waals surface area contributed by atoms with Gasteiger partial charge in [-0.25, -0.2) is 9.97 Å². The largest absolute Gasteiger partial charge is 0.417 e. The third kappa shape index (κ3) is 6.53. The average molecular weight is 572 g/mol. The Morgan fingerprint density at radius 1 is 1.16 bits per heavy atom. The van der Waals surface area contributed by atoms with Crippen molar-refractivity contribution in [3.63, 3.8) is 0 Å². The number of thiazole rings is 1. The minimum atomic E-state index is -4.74. The normalized spacial score (nSPS) is 22.4. The predicted octanol–water partition coefficient (Wildman–Crippen LogP) is 4.70. The lowest BCUT2D eigenvalue weighted by atomic mass is 10.1. The first-order chi connectivity index (χ1) is 17.7. The van der Waals surface area contributed by atoms with E-state index < -0.39 is 39.9 Å². The molecule has 2 saturated heterocycles. The van der Waals surface area contributed by atoms with Gasteiger partial charge in [-0.1, -0.05) is 0 Å². The smallest absolute Gasteiger partial charge is 0.365 e. The number of nitrogens with zero attached hydrogens (tertiary/aromatic N) is 3. The van der Waals surface area contributed by atoms with Crippen LogP contribution in [0.2, 0.25) is 0 Å². The summed E-state index contributed by atoms with van der Waals surface area (Å²) in [7, 11) is -0.909. The van der Waals surface area contributed by atoms with Crippen LogP contribution in [0.25, 0.3) is 10.4 Å². The second-order valence-electron chi connectivity index (χ2n) is 10.8. The second kappa shape index (κ2) is 10.9. The molecule has 1 unspecified atom stereocenters. The predicted molar refractivity (Wildman–Crippen MR) is 142 cm³/mol. The first-order valence-electron chi connectivity index (χ1n) is 12.6. The quantitative estimate of drug-likeness (QED) is 0.539. The lowest BCUT2D eigenvalue weighted by Gasteiger charge is -2.23. The Morgan fingerprint density at radius 2 is 1.84 bits per heavy atom. The Balaban J connectivity index is 1.77. The molecule has 2 fully saturated rings. The molecule has 4 rings (SSSR count). The highest BCUT2D eigenvalue weighted by molar-refractivity contribution is 7.85. The summed E-state index contributed by atoms with van der Waals surface area (Å²) in [6.45, 7) is 7.77. The summed E-state index contributed by atoms with van der Waals surface area (Å²) >= 11 is 0.756. The van der Waals surface area contributed by atoms with Crippen molar-refractivity contribution in [2.24, 2.45) is 0 Å². The minimum absolute atomic E-state index is 0.0360. The Labute approximate surface area is 226 Å². The maximum atomic E-state index is 14.3. The summed E-state index contributed by atoms with van der Waals surface area (Å²) in [5.41, 5.74) is -1.96. The van der Waals surface area contributed by atoms with Crippen LogP contribution in [0.1, 0.15) is 79.2 Å². The van der Waals surface area contributed by atoms with Crippen LogP contribution in [0.4, 0.5) is 19.0 Å². The number of halogens is 3. The molecule has 2 amide bonds. The summed E-state index contributed by atoms with van der Waals surface area (Å²) < 4.78 is 54.5. The molecule has 208 valence electrons. The second-order valence-corrected chi connectivity index (χ2v) is 13.5. The molecule has 2 aliphatic rings. The SMILES string of the molecule is CC1CCCN1C(=O)c1nc(C(=O)NC2CCS(=O)CC2)sc1-c1cnc(NC(C)(C)C)cc1C(F)(F)F. The molecule has 13 heteroatoms. The standard InChI is InChI=1S/C25H32F3N5O3S2/c1-14-6-5-9-33(14)23(35)19-20(37-22(31-19)21(34)30-15-7-10-38(36)11-8-15)16-13-29-18(32-24(2,3)4)12-17(16)25(26,27)28/h12-15H,5-11H2,1-4H3,(H,29,32)(H,30,34). The van der Waals surface area contributed by atoms with E-state index in [0.29, 0.717) is 30.9 Å². The van der Waals surface area contributed by atoms with E-state index in [1.807, 2.05) is 27.7 Å². The third-order valence-corrected chi connectivity index (χ3v) is 8.99. The molecule has 2 aliphatic heterocycles. The Bertz CT molecular complexity index is 1230. The maximum Gasteiger partial charge on any atom is 0.417 e. The Hall–Kier alpha value is -2.54. The number of anilines is 1. The van der Waals surface area contributed by atoms with Crippen molar-refractivity contribution in [1.82, 2.24) is 20.2 Å². The van der Waals surface area contributed by atoms with Gasteiger partial charge < -0.3 is 15.5 Å². The van der Waals surface area contributed by atoms with Crippen molar-refractivity contribution in [2.45, 2.75) is 77.2 Å². The van der Waals surface area contributed by atoms with Gasteiger partial charge in [0.15, 0.2) is 5.01 Å². The zero-order valence-electron chi connectivity index (χ0n) is 21.8. The fourth-order valence-corrected chi connectivity index (χ4v) is 6.91. The van der Waals surface area contributed by atoms with Crippen molar-refractivity contribution >= 4 is 39.8 Å². The number of alkyl halides is 3. The molecule has 4 heterocycles. The van der Waals surface area contributed by atoms with Crippen LogP contribution < -0.4 is 10.6 Å². The van der Waals surface area contributed by atoms with E-state index in [9.17, 15) is 27.0 Å². The van der Waals surface area contributed by atoms with Crippen LogP contribution in [0, 0.1) is 0 Å². The van der Waals surface area contributed by atoms with Gasteiger partial charge in [-0.05, 0) is 59.4 Å². The van der Waals surface area contributed by atoms with E-state index in [0.717, 1.165) is 36.4 Å². The number of pyridine rings is 1. The molecule has 0 spiro atoms. The monoisotopic (exact) mass is 571 g/mol. The molecule has 0 radical (unpaired) electrons. The minimum Gasteiger partial charge on any atom is -0.365 e. The number of amides is 2. The summed E-state index contributed by atoms with van der Waals surface area (Å²) in [6, 6.07) is 0.631. The molecular weight excluding hydrogens is 539 g/mol. The van der Waals surface area contributed by atoms with E-state index in [1.165, 1.54) is 0 Å². The lowest BCUT2D eigenvalue weighted by Crippen LogP contribution is -2.39. The number of hydrogen-bond acceptors (Lipinski definition) is 7. The van der Waals surface area contributed by atoms with Gasteiger partial charge in [-0.3, -0.25) is 13.8 Å². The van der Waals surface area contributed by atoms with E-state index in [2.05, 4.69) is 20.6 Å². The number of nitrogens with one attached hydrogen (secondary N) is 2. The molecule has 2 aromatic heterocycles. The van der Waals surface area contributed by atoms with Gasteiger partial charge in [0, 0.05) is 58.2 Å². The van der Waals surface area contributed by atoms with E-state index in [4.69, 9.17) is 0 Å². The van der Waals surface area contributed by atoms with Gasteiger partial charge in [-0.15, -0.1) is 11.3 Å². The molecule has 0 aliphatic carbocycles. The Kier molecular flexibility index (Phi) is 8.17. The van der Waals surface area contributed by atoms with Crippen molar-refractivity contribution in [2.75, 3.05) is 23.4 Å². The number of carbonyl (C=O) groups excluding carboxylic acids is 2. The Morgan fingerprint density at radius 3 is 2.42 bits per heavy atom. The molecule has 2 aromatic rings. The third-order valence-electron chi connectivity index (χ3n) is 6.52. The van der Waals surface area contributed by atoms with E-state index >= 15 is 0 Å². The number of aromatic nitrogens is 2. The molecule has 8 nitrogen and oxygen atoms in total. The summed E-state index contributed by atoms with van der Waals surface area (Å²) in [5, 5.41) is 5.70. The van der Waals surface area contributed by atoms with Crippen LogP contribution in [0.3, 0.4) is 0 Å². The average Bonchev–Trinajstić information content (AvgIpc) is 3.45. The molecule has 0 aromatic carbocycles. The fraction of sp³-hybridized carbons (Fsp3) is 0.600. The van der Waals surface area contributed by atoms with Gasteiger partial charge in [-0.2, -0.15) is 13.2 Å². The first-order valence-corrected chi connectivity index (χ1v) is 14.9. The van der Waals surface area contributed by atoms with Crippen LogP contribution >= 0.6 is 11.3 Å². The molecule has 0 saturated carbocycles. The summed E-state index contributed by atoms with van der Waals surface area (Å²) in [6.07, 6.45) is -1.00. The molecule has 38 heavy (non-hydrogen) atoms. The maximum absolute atomic E-state index is 14.3. The van der Waals surface area contributed by atoms with Crippen LogP contribution in [-0.4, -0.2) is 66.6 Å². The van der Waals surface area contributed by atoms with Gasteiger partial charge in [0.25, 0.3) is 11.8 Å². The summed E-state index contributed by atoms with van der Waals surface area (Å²) in [4.78, 5) is 36.6. The van der Waals surface area contributed by atoms with Gasteiger partial charge in [0.1, 0.15) is 11.5 Å². The number of rotatable bonds is 5. The number of likely N-dealkylation sites (tertiary alicyclic amines) is 1. The molecule has 2 N–H and O–H groups in total. The van der Waals surface area contributed by atoms with Gasteiger partial charge >= 0.3 is 6.18 Å².